The Kier molecular flexibility index (Phi) is 2.29. The highest BCUT2D eigenvalue weighted by molar-refractivity contribution is 5.25. The minimum absolute atomic E-state index is 0.107. The number of hydrogen-bond acceptors (Lipinski definition) is 1. The molecule has 0 N–H and O–H groups in total. The Morgan fingerprint density at radius 2 is 1.38 bits per heavy atom. The third-order valence-electron chi connectivity index (χ3n) is 5.09. The van der Waals surface area contributed by atoms with Gasteiger partial charge in [-0.25, -0.2) is 8.78 Å². The lowest BCUT2D eigenvalue weighted by Crippen LogP contribution is -2.47. The Hall–Kier alpha value is -0.180. The average Bonchev–Trinajstić information content (AvgIpc) is 2.45. The van der Waals surface area contributed by atoms with Crippen molar-refractivity contribution in [2.45, 2.75) is 58.9 Å². The lowest BCUT2D eigenvalue weighted by atomic mass is 9.84. The van der Waals surface area contributed by atoms with Crippen LogP contribution in [0.3, 0.4) is 0 Å². The second kappa shape index (κ2) is 2.98. The molecule has 1 saturated carbocycles. The quantitative estimate of drug-likeness (QED) is 0.616. The maximum absolute atomic E-state index is 13.9. The minimum atomic E-state index is -2.45. The second-order valence-corrected chi connectivity index (χ2v) is 6.94. The first-order chi connectivity index (χ1) is 7.06. The largest absolute Gasteiger partial charge is 0.298 e. The van der Waals surface area contributed by atoms with Gasteiger partial charge in [0.25, 0.3) is 5.92 Å². The highest BCUT2D eigenvalue weighted by Gasteiger charge is 2.85. The first-order valence-corrected chi connectivity index (χ1v) is 6.19. The van der Waals surface area contributed by atoms with Gasteiger partial charge in [-0.3, -0.25) is 4.90 Å². The number of piperidine rings is 1. The Bertz CT molecular complexity index is 278. The first kappa shape index (κ1) is 12.3. The van der Waals surface area contributed by atoms with Crippen molar-refractivity contribution in [3.05, 3.63) is 0 Å². The van der Waals surface area contributed by atoms with Crippen molar-refractivity contribution in [2.24, 2.45) is 10.8 Å². The van der Waals surface area contributed by atoms with Crippen LogP contribution in [0.25, 0.3) is 0 Å². The molecule has 0 unspecified atom stereocenters. The van der Waals surface area contributed by atoms with E-state index in [1.54, 1.807) is 13.8 Å². The molecule has 1 heterocycles. The zero-order valence-electron chi connectivity index (χ0n) is 11.0. The summed E-state index contributed by atoms with van der Waals surface area (Å²) in [6, 6.07) is 0. The summed E-state index contributed by atoms with van der Waals surface area (Å²) in [7, 11) is 0. The normalized spacial score (nSPS) is 31.7. The molecule has 0 aromatic rings. The standard InChI is InChI=1S/C13H23F2N/c1-10(2,3)16-8-6-12(7-9-16)11(4,5)13(12,14)15/h6-9H2,1-5H3. The number of likely N-dealkylation sites (tertiary alicyclic amines) is 1. The monoisotopic (exact) mass is 231 g/mol. The Morgan fingerprint density at radius 3 is 1.62 bits per heavy atom. The maximum atomic E-state index is 13.9. The average molecular weight is 231 g/mol. The van der Waals surface area contributed by atoms with E-state index >= 15 is 0 Å². The molecule has 1 aliphatic carbocycles. The predicted octanol–water partition coefficient (Wildman–Crippen LogP) is 3.54. The molecule has 94 valence electrons. The highest BCUT2D eigenvalue weighted by Crippen LogP contribution is 2.78. The lowest BCUT2D eigenvalue weighted by Gasteiger charge is -2.41. The molecule has 16 heavy (non-hydrogen) atoms. The molecule has 3 heteroatoms. The molecule has 1 spiro atoms. The van der Waals surface area contributed by atoms with Gasteiger partial charge in [-0.05, 0) is 46.7 Å². The van der Waals surface area contributed by atoms with Gasteiger partial charge in [0.2, 0.25) is 0 Å². The summed E-state index contributed by atoms with van der Waals surface area (Å²) in [5.41, 5.74) is -1.39. The zero-order valence-corrected chi connectivity index (χ0v) is 11.0. The van der Waals surface area contributed by atoms with Crippen LogP contribution < -0.4 is 0 Å². The summed E-state index contributed by atoms with van der Waals surface area (Å²) in [6.45, 7) is 11.5. The fourth-order valence-corrected chi connectivity index (χ4v) is 3.44. The third kappa shape index (κ3) is 1.24. The van der Waals surface area contributed by atoms with E-state index in [-0.39, 0.29) is 5.54 Å². The summed E-state index contributed by atoms with van der Waals surface area (Å²) >= 11 is 0. The van der Waals surface area contributed by atoms with E-state index < -0.39 is 16.8 Å². The smallest absolute Gasteiger partial charge is 0.260 e. The van der Waals surface area contributed by atoms with Gasteiger partial charge in [-0.2, -0.15) is 0 Å². The fourth-order valence-electron chi connectivity index (χ4n) is 3.44. The van der Waals surface area contributed by atoms with Crippen LogP contribution in [-0.4, -0.2) is 29.5 Å². The van der Waals surface area contributed by atoms with Gasteiger partial charge in [-0.1, -0.05) is 13.8 Å². The van der Waals surface area contributed by atoms with Crippen molar-refractivity contribution < 1.29 is 8.78 Å². The third-order valence-corrected chi connectivity index (χ3v) is 5.09. The summed E-state index contributed by atoms with van der Waals surface area (Å²) in [5, 5.41) is 0. The molecular formula is C13H23F2N. The summed E-state index contributed by atoms with van der Waals surface area (Å²) in [4.78, 5) is 2.32. The molecule has 2 aliphatic rings. The van der Waals surface area contributed by atoms with Crippen molar-refractivity contribution in [2.75, 3.05) is 13.1 Å². The maximum Gasteiger partial charge on any atom is 0.260 e. The van der Waals surface area contributed by atoms with Gasteiger partial charge in [0.05, 0.1) is 0 Å². The van der Waals surface area contributed by atoms with Crippen LogP contribution in [0.15, 0.2) is 0 Å². The van der Waals surface area contributed by atoms with E-state index in [1.807, 2.05) is 0 Å². The van der Waals surface area contributed by atoms with Gasteiger partial charge < -0.3 is 0 Å². The first-order valence-electron chi connectivity index (χ1n) is 6.19. The predicted molar refractivity (Wildman–Crippen MR) is 61.7 cm³/mol. The van der Waals surface area contributed by atoms with E-state index in [1.165, 1.54) is 0 Å². The van der Waals surface area contributed by atoms with Crippen molar-refractivity contribution in [1.82, 2.24) is 4.90 Å². The molecule has 0 bridgehead atoms. The molecule has 0 atom stereocenters. The zero-order chi connectivity index (χ0) is 12.4. The van der Waals surface area contributed by atoms with Crippen molar-refractivity contribution in [1.29, 1.82) is 0 Å². The molecular weight excluding hydrogens is 208 g/mol. The highest BCUT2D eigenvalue weighted by atomic mass is 19.3. The number of alkyl halides is 2. The molecule has 2 rings (SSSR count). The van der Waals surface area contributed by atoms with Crippen LogP contribution in [-0.2, 0) is 0 Å². The van der Waals surface area contributed by atoms with Gasteiger partial charge in [0, 0.05) is 16.4 Å². The van der Waals surface area contributed by atoms with Crippen molar-refractivity contribution in [3.63, 3.8) is 0 Å². The Balaban J connectivity index is 2.08. The summed E-state index contributed by atoms with van der Waals surface area (Å²) in [5.74, 6) is -2.45. The van der Waals surface area contributed by atoms with Crippen molar-refractivity contribution in [3.8, 4) is 0 Å². The van der Waals surface area contributed by atoms with E-state index in [0.717, 1.165) is 13.1 Å². The van der Waals surface area contributed by atoms with Gasteiger partial charge >= 0.3 is 0 Å². The Morgan fingerprint density at radius 1 is 1.00 bits per heavy atom. The number of nitrogens with zero attached hydrogens (tertiary/aromatic N) is 1. The van der Waals surface area contributed by atoms with Crippen LogP contribution >= 0.6 is 0 Å². The van der Waals surface area contributed by atoms with Crippen molar-refractivity contribution >= 4 is 0 Å². The van der Waals surface area contributed by atoms with Crippen LogP contribution in [0.4, 0.5) is 8.78 Å². The lowest BCUT2D eigenvalue weighted by molar-refractivity contribution is 0.00854. The van der Waals surface area contributed by atoms with E-state index in [0.29, 0.717) is 12.8 Å². The molecule has 0 radical (unpaired) electrons. The van der Waals surface area contributed by atoms with E-state index in [2.05, 4.69) is 25.7 Å². The van der Waals surface area contributed by atoms with Crippen LogP contribution in [0.5, 0.6) is 0 Å². The summed E-state index contributed by atoms with van der Waals surface area (Å²) < 4.78 is 27.7. The van der Waals surface area contributed by atoms with Gasteiger partial charge in [-0.15, -0.1) is 0 Å². The fraction of sp³-hybridized carbons (Fsp3) is 1.00. The van der Waals surface area contributed by atoms with Gasteiger partial charge in [0.1, 0.15) is 0 Å². The van der Waals surface area contributed by atoms with Crippen LogP contribution in [0, 0.1) is 10.8 Å². The van der Waals surface area contributed by atoms with E-state index in [4.69, 9.17) is 0 Å². The number of rotatable bonds is 0. The van der Waals surface area contributed by atoms with Gasteiger partial charge in [0.15, 0.2) is 0 Å². The molecule has 0 amide bonds. The Labute approximate surface area is 97.2 Å². The molecule has 0 aromatic heterocycles. The van der Waals surface area contributed by atoms with Crippen LogP contribution in [0.1, 0.15) is 47.5 Å². The molecule has 1 saturated heterocycles. The summed E-state index contributed by atoms with van der Waals surface area (Å²) in [6.07, 6.45) is 1.29. The SMILES string of the molecule is CC(C)(C)N1CCC2(CC1)C(C)(C)C2(F)F. The molecule has 1 aliphatic heterocycles. The second-order valence-electron chi connectivity index (χ2n) is 6.94. The molecule has 2 fully saturated rings. The number of halogens is 2. The topological polar surface area (TPSA) is 3.24 Å². The van der Waals surface area contributed by atoms with E-state index in [9.17, 15) is 8.78 Å². The minimum Gasteiger partial charge on any atom is -0.298 e. The number of hydrogen-bond donors (Lipinski definition) is 0. The molecule has 0 aromatic carbocycles. The molecule has 1 nitrogen and oxygen atoms in total. The van der Waals surface area contributed by atoms with Crippen LogP contribution in [0.2, 0.25) is 0 Å².